The van der Waals surface area contributed by atoms with Gasteiger partial charge in [0.05, 0.1) is 10.6 Å². The Morgan fingerprint density at radius 1 is 1.35 bits per heavy atom. The van der Waals surface area contributed by atoms with Gasteiger partial charge in [-0.25, -0.2) is 8.42 Å². The van der Waals surface area contributed by atoms with Gasteiger partial charge in [-0.05, 0) is 48.2 Å². The molecule has 6 nitrogen and oxygen atoms in total. The van der Waals surface area contributed by atoms with Crippen LogP contribution in [0, 0.1) is 11.8 Å². The number of benzene rings is 1. The van der Waals surface area contributed by atoms with Crippen molar-refractivity contribution in [1.82, 2.24) is 20.2 Å². The number of allylic oxidation sites excluding steroid dienone is 3. The van der Waals surface area contributed by atoms with Crippen LogP contribution in [0.1, 0.15) is 19.8 Å². The van der Waals surface area contributed by atoms with Crippen LogP contribution in [0.25, 0.3) is 5.70 Å². The third-order valence-corrected chi connectivity index (χ3v) is 7.51. The average Bonchev–Trinajstić information content (AvgIpc) is 3.08. The van der Waals surface area contributed by atoms with E-state index in [1.54, 1.807) is 35.0 Å². The number of hydrogen-bond donors (Lipinski definition) is 0. The quantitative estimate of drug-likeness (QED) is 0.508. The first-order valence-electron chi connectivity index (χ1n) is 8.54. The minimum Gasteiger partial charge on any atom is -0.224 e. The van der Waals surface area contributed by atoms with Crippen molar-refractivity contribution >= 4 is 27.3 Å². The van der Waals surface area contributed by atoms with Crippen molar-refractivity contribution in [3.05, 3.63) is 49.1 Å². The normalized spacial score (nSPS) is 20.2. The summed E-state index contributed by atoms with van der Waals surface area (Å²) in [6.45, 7) is 6.19. The van der Waals surface area contributed by atoms with Gasteiger partial charge in [-0.1, -0.05) is 48.7 Å². The molecule has 2 aromatic rings. The number of hydrogen-bond acceptors (Lipinski definition) is 6. The molecule has 1 fully saturated rings. The molecule has 0 bridgehead atoms. The van der Waals surface area contributed by atoms with Gasteiger partial charge in [0.1, 0.15) is 0 Å². The molecule has 3 rings (SSSR count). The molecule has 2 atom stereocenters. The number of rotatable bonds is 8. The van der Waals surface area contributed by atoms with Gasteiger partial charge in [0.15, 0.2) is 9.84 Å². The molecule has 0 spiro atoms. The number of aromatic nitrogens is 4. The minimum absolute atomic E-state index is 0.0334. The first-order valence-corrected chi connectivity index (χ1v) is 11.2. The highest BCUT2D eigenvalue weighted by atomic mass is 32.2. The SMILES string of the molecule is C=C(C1CCC1/C=C\C)n1nnnc1SCCS(=O)(=O)c1ccccc1. The van der Waals surface area contributed by atoms with Crippen LogP contribution in [0.3, 0.4) is 0 Å². The molecule has 26 heavy (non-hydrogen) atoms. The molecular weight excluding hydrogens is 368 g/mol. The van der Waals surface area contributed by atoms with Crippen LogP contribution in [-0.2, 0) is 9.84 Å². The number of tetrazole rings is 1. The lowest BCUT2D eigenvalue weighted by molar-refractivity contribution is 0.285. The van der Waals surface area contributed by atoms with Crippen molar-refractivity contribution in [1.29, 1.82) is 0 Å². The van der Waals surface area contributed by atoms with Gasteiger partial charge < -0.3 is 0 Å². The molecule has 1 aliphatic rings. The van der Waals surface area contributed by atoms with Crippen molar-refractivity contribution in [2.45, 2.75) is 29.8 Å². The second-order valence-corrected chi connectivity index (χ2v) is 9.39. The third-order valence-electron chi connectivity index (χ3n) is 4.59. The molecule has 1 heterocycles. The van der Waals surface area contributed by atoms with Crippen LogP contribution in [0.5, 0.6) is 0 Å². The van der Waals surface area contributed by atoms with Crippen LogP contribution in [0.2, 0.25) is 0 Å². The molecule has 1 aromatic heterocycles. The lowest BCUT2D eigenvalue weighted by Crippen LogP contribution is -2.27. The zero-order chi connectivity index (χ0) is 18.6. The zero-order valence-corrected chi connectivity index (χ0v) is 16.3. The van der Waals surface area contributed by atoms with Crippen molar-refractivity contribution in [2.24, 2.45) is 11.8 Å². The molecule has 0 aliphatic heterocycles. The summed E-state index contributed by atoms with van der Waals surface area (Å²) in [5, 5.41) is 12.4. The first kappa shape index (κ1) is 18.8. The van der Waals surface area contributed by atoms with Crippen LogP contribution >= 0.6 is 11.8 Å². The molecule has 2 unspecified atom stereocenters. The largest absolute Gasteiger partial charge is 0.224 e. The summed E-state index contributed by atoms with van der Waals surface area (Å²) in [4.78, 5) is 0.341. The third kappa shape index (κ3) is 4.07. The number of nitrogens with zero attached hydrogens (tertiary/aromatic N) is 4. The Balaban J connectivity index is 1.62. The molecule has 0 radical (unpaired) electrons. The topological polar surface area (TPSA) is 77.7 Å². The molecule has 1 saturated carbocycles. The molecule has 0 N–H and O–H groups in total. The van der Waals surface area contributed by atoms with Gasteiger partial charge in [0.25, 0.3) is 0 Å². The maximum Gasteiger partial charge on any atom is 0.213 e. The van der Waals surface area contributed by atoms with Crippen molar-refractivity contribution in [3.63, 3.8) is 0 Å². The van der Waals surface area contributed by atoms with E-state index in [4.69, 9.17) is 0 Å². The number of thioether (sulfide) groups is 1. The van der Waals surface area contributed by atoms with Crippen LogP contribution in [0.4, 0.5) is 0 Å². The monoisotopic (exact) mass is 390 g/mol. The Morgan fingerprint density at radius 3 is 2.77 bits per heavy atom. The van der Waals surface area contributed by atoms with Gasteiger partial charge >= 0.3 is 0 Å². The minimum atomic E-state index is -3.30. The zero-order valence-electron chi connectivity index (χ0n) is 14.7. The maximum atomic E-state index is 12.4. The van der Waals surface area contributed by atoms with E-state index in [1.807, 2.05) is 6.92 Å². The van der Waals surface area contributed by atoms with Gasteiger partial charge in [-0.15, -0.1) is 5.10 Å². The second kappa shape index (κ2) is 8.18. The lowest BCUT2D eigenvalue weighted by Gasteiger charge is -2.35. The van der Waals surface area contributed by atoms with E-state index in [0.29, 0.717) is 27.6 Å². The van der Waals surface area contributed by atoms with E-state index < -0.39 is 9.84 Å². The van der Waals surface area contributed by atoms with Crippen molar-refractivity contribution < 1.29 is 8.42 Å². The van der Waals surface area contributed by atoms with E-state index in [1.165, 1.54) is 11.8 Å². The van der Waals surface area contributed by atoms with Crippen LogP contribution < -0.4 is 0 Å². The number of sulfone groups is 1. The molecule has 1 aromatic carbocycles. The van der Waals surface area contributed by atoms with E-state index in [0.717, 1.165) is 18.5 Å². The summed E-state index contributed by atoms with van der Waals surface area (Å²) in [6, 6.07) is 8.48. The summed E-state index contributed by atoms with van der Waals surface area (Å²) in [5.41, 5.74) is 0.873. The van der Waals surface area contributed by atoms with Crippen LogP contribution in [0.15, 0.2) is 59.1 Å². The van der Waals surface area contributed by atoms with E-state index in [-0.39, 0.29) is 5.75 Å². The van der Waals surface area contributed by atoms with Gasteiger partial charge in [0.2, 0.25) is 5.16 Å². The smallest absolute Gasteiger partial charge is 0.213 e. The summed E-state index contributed by atoms with van der Waals surface area (Å²) >= 11 is 1.34. The predicted molar refractivity (Wildman–Crippen MR) is 103 cm³/mol. The molecular formula is C18H22N4O2S2. The Kier molecular flexibility index (Phi) is 5.93. The molecule has 1 aliphatic carbocycles. The highest BCUT2D eigenvalue weighted by Crippen LogP contribution is 2.42. The van der Waals surface area contributed by atoms with E-state index >= 15 is 0 Å². The summed E-state index contributed by atoms with van der Waals surface area (Å²) in [5.74, 6) is 1.23. The van der Waals surface area contributed by atoms with E-state index in [2.05, 4.69) is 34.3 Å². The molecule has 0 saturated heterocycles. The predicted octanol–water partition coefficient (Wildman–Crippen LogP) is 3.31. The maximum absolute atomic E-state index is 12.4. The molecule has 138 valence electrons. The second-order valence-electron chi connectivity index (χ2n) is 6.22. The summed E-state index contributed by atoms with van der Waals surface area (Å²) in [6.07, 6.45) is 6.48. The lowest BCUT2D eigenvalue weighted by atomic mass is 9.72. The highest BCUT2D eigenvalue weighted by molar-refractivity contribution is 8.00. The van der Waals surface area contributed by atoms with Crippen LogP contribution in [-0.4, -0.2) is 40.1 Å². The average molecular weight is 391 g/mol. The summed E-state index contributed by atoms with van der Waals surface area (Å²) in [7, 11) is -3.30. The Labute approximate surface area is 158 Å². The Bertz CT molecular complexity index is 891. The molecule has 8 heteroatoms. The molecule has 0 amide bonds. The highest BCUT2D eigenvalue weighted by Gasteiger charge is 2.33. The van der Waals surface area contributed by atoms with Gasteiger partial charge in [0, 0.05) is 17.4 Å². The fraction of sp³-hybridized carbons (Fsp3) is 0.389. The van der Waals surface area contributed by atoms with Crippen molar-refractivity contribution in [3.8, 4) is 0 Å². The van der Waals surface area contributed by atoms with Gasteiger partial charge in [-0.2, -0.15) is 4.68 Å². The van der Waals surface area contributed by atoms with Gasteiger partial charge in [-0.3, -0.25) is 0 Å². The van der Waals surface area contributed by atoms with E-state index in [9.17, 15) is 8.42 Å². The fourth-order valence-corrected chi connectivity index (χ4v) is 5.58. The Morgan fingerprint density at radius 2 is 2.12 bits per heavy atom. The Hall–Kier alpha value is -1.93. The summed E-state index contributed by atoms with van der Waals surface area (Å²) < 4.78 is 26.4. The first-order chi connectivity index (χ1) is 12.5. The van der Waals surface area contributed by atoms with Crippen molar-refractivity contribution in [2.75, 3.05) is 11.5 Å². The standard InChI is InChI=1S/C18H22N4O2S2/c1-3-7-15-10-11-17(15)14(2)22-18(19-20-21-22)25-12-13-26(23,24)16-8-5-4-6-9-16/h3-9,15,17H,2,10-13H2,1H3/b7-3-. The fourth-order valence-electron chi connectivity index (χ4n) is 3.01.